The van der Waals surface area contributed by atoms with Gasteiger partial charge >= 0.3 is 5.97 Å². The lowest BCUT2D eigenvalue weighted by molar-refractivity contribution is -0.133. The molecule has 2 aliphatic rings. The molecule has 1 N–H and O–H groups in total. The number of carbonyl (C=O) groups is 1. The Kier molecular flexibility index (Phi) is 5.82. The van der Waals surface area contributed by atoms with E-state index in [1.165, 1.54) is 46.8 Å². The quantitative estimate of drug-likeness (QED) is 0.549. The van der Waals surface area contributed by atoms with Crippen LogP contribution in [0.1, 0.15) is 35.2 Å². The Balaban J connectivity index is 1.73. The second-order valence-electron chi connectivity index (χ2n) is 8.43. The minimum absolute atomic E-state index is 0.0156. The topological polar surface area (TPSA) is 93.1 Å². The molecule has 0 bridgehead atoms. The van der Waals surface area contributed by atoms with Gasteiger partial charge in [-0.1, -0.05) is 42.0 Å². The first-order chi connectivity index (χ1) is 16.8. The molecule has 0 amide bonds. The number of fused-ring (bicyclic) bond motifs is 1. The SMILES string of the molecule is Cc1ccc(S(=O)(=O)N2[C@@H](c3cccc(F)c3)C(C(=O)O)=CC[C@H]2c2ccc3c(c2)OCO3)cc1. The number of hydrogen-bond donors (Lipinski definition) is 1. The van der Waals surface area contributed by atoms with Gasteiger partial charge in [0.05, 0.1) is 22.6 Å². The number of aliphatic carboxylic acids is 1. The summed E-state index contributed by atoms with van der Waals surface area (Å²) in [4.78, 5) is 12.3. The first-order valence-corrected chi connectivity index (χ1v) is 12.4. The van der Waals surface area contributed by atoms with Crippen LogP contribution >= 0.6 is 0 Å². The lowest BCUT2D eigenvalue weighted by atomic mass is 9.89. The number of sulfonamides is 1. The molecule has 3 aromatic carbocycles. The highest BCUT2D eigenvalue weighted by Gasteiger charge is 2.45. The maximum atomic E-state index is 14.2. The van der Waals surface area contributed by atoms with Crippen molar-refractivity contribution in [1.29, 1.82) is 0 Å². The zero-order valence-electron chi connectivity index (χ0n) is 18.7. The van der Waals surface area contributed by atoms with Crippen molar-refractivity contribution in [3.63, 3.8) is 0 Å². The predicted molar refractivity (Wildman–Crippen MR) is 125 cm³/mol. The highest BCUT2D eigenvalue weighted by atomic mass is 32.2. The van der Waals surface area contributed by atoms with Crippen LogP contribution in [-0.4, -0.2) is 30.6 Å². The molecule has 0 aliphatic carbocycles. The first kappa shape index (κ1) is 23.1. The van der Waals surface area contributed by atoms with Crippen LogP contribution in [-0.2, 0) is 14.8 Å². The molecule has 0 saturated heterocycles. The maximum Gasteiger partial charge on any atom is 0.333 e. The van der Waals surface area contributed by atoms with Crippen molar-refractivity contribution in [2.24, 2.45) is 0 Å². The first-order valence-electron chi connectivity index (χ1n) is 10.9. The molecule has 7 nitrogen and oxygen atoms in total. The van der Waals surface area contributed by atoms with E-state index in [1.807, 2.05) is 6.92 Å². The number of carboxylic acid groups (broad SMARTS) is 1. The van der Waals surface area contributed by atoms with Crippen LogP contribution in [0, 0.1) is 12.7 Å². The average molecular weight is 496 g/mol. The summed E-state index contributed by atoms with van der Waals surface area (Å²) in [5.74, 6) is -0.843. The molecule has 3 aromatic rings. The molecule has 0 saturated carbocycles. The van der Waals surface area contributed by atoms with Gasteiger partial charge in [-0.15, -0.1) is 0 Å². The number of hydrogen-bond acceptors (Lipinski definition) is 5. The van der Waals surface area contributed by atoms with Crippen LogP contribution in [0.2, 0.25) is 0 Å². The van der Waals surface area contributed by atoms with Crippen molar-refractivity contribution in [3.8, 4) is 11.5 Å². The molecule has 180 valence electrons. The Bertz CT molecular complexity index is 1430. The summed E-state index contributed by atoms with van der Waals surface area (Å²) in [6.07, 6.45) is 1.62. The third-order valence-corrected chi connectivity index (χ3v) is 8.09. The molecule has 0 spiro atoms. The van der Waals surface area contributed by atoms with Gasteiger partial charge in [0, 0.05) is 0 Å². The number of nitrogens with zero attached hydrogens (tertiary/aromatic N) is 1. The van der Waals surface area contributed by atoms with Crippen molar-refractivity contribution >= 4 is 16.0 Å². The molecule has 2 atom stereocenters. The Morgan fingerprint density at radius 3 is 2.46 bits per heavy atom. The fraction of sp³-hybridized carbons (Fsp3) is 0.192. The highest BCUT2D eigenvalue weighted by Crippen LogP contribution is 2.47. The number of aryl methyl sites for hydroxylation is 1. The minimum atomic E-state index is -4.23. The Hall–Kier alpha value is -3.69. The second-order valence-corrected chi connectivity index (χ2v) is 10.3. The number of carboxylic acids is 1. The Labute approximate surface area is 202 Å². The van der Waals surface area contributed by atoms with Gasteiger partial charge in [0.25, 0.3) is 0 Å². The second kappa shape index (κ2) is 8.83. The summed E-state index contributed by atoms with van der Waals surface area (Å²) < 4.78 is 54.5. The van der Waals surface area contributed by atoms with E-state index in [9.17, 15) is 22.7 Å². The molecular formula is C26H22FNO6S. The summed E-state index contributed by atoms with van der Waals surface area (Å²) in [6, 6.07) is 14.8. The van der Waals surface area contributed by atoms with E-state index in [0.717, 1.165) is 5.56 Å². The fourth-order valence-electron chi connectivity index (χ4n) is 4.52. The fourth-order valence-corrected chi connectivity index (χ4v) is 6.30. The third kappa shape index (κ3) is 4.17. The van der Waals surface area contributed by atoms with Crippen LogP contribution in [0.3, 0.4) is 0 Å². The molecule has 9 heteroatoms. The van der Waals surface area contributed by atoms with E-state index < -0.39 is 33.9 Å². The third-order valence-electron chi connectivity index (χ3n) is 6.21. The smallest absolute Gasteiger partial charge is 0.333 e. The molecule has 2 aliphatic heterocycles. The number of ether oxygens (including phenoxy) is 2. The van der Waals surface area contributed by atoms with Crippen LogP contribution < -0.4 is 9.47 Å². The van der Waals surface area contributed by atoms with Crippen molar-refractivity contribution in [2.75, 3.05) is 6.79 Å². The van der Waals surface area contributed by atoms with Crippen LogP contribution in [0.25, 0.3) is 0 Å². The Morgan fingerprint density at radius 1 is 1.00 bits per heavy atom. The largest absolute Gasteiger partial charge is 0.478 e. The number of halogens is 1. The van der Waals surface area contributed by atoms with E-state index in [1.54, 1.807) is 30.3 Å². The molecule has 35 heavy (non-hydrogen) atoms. The van der Waals surface area contributed by atoms with E-state index in [0.29, 0.717) is 17.1 Å². The van der Waals surface area contributed by atoms with Gasteiger partial charge in [-0.2, -0.15) is 4.31 Å². The van der Waals surface area contributed by atoms with Gasteiger partial charge in [-0.3, -0.25) is 0 Å². The molecular weight excluding hydrogens is 473 g/mol. The number of rotatable bonds is 5. The van der Waals surface area contributed by atoms with Crippen LogP contribution in [0.15, 0.2) is 83.3 Å². The van der Waals surface area contributed by atoms with Gasteiger partial charge in [0.2, 0.25) is 16.8 Å². The van der Waals surface area contributed by atoms with Crippen LogP contribution in [0.5, 0.6) is 11.5 Å². The molecule has 0 radical (unpaired) electrons. The van der Waals surface area contributed by atoms with Gasteiger partial charge in [0.15, 0.2) is 11.5 Å². The summed E-state index contributed by atoms with van der Waals surface area (Å²) >= 11 is 0. The van der Waals surface area contributed by atoms with Crippen molar-refractivity contribution in [2.45, 2.75) is 30.3 Å². The predicted octanol–water partition coefficient (Wildman–Crippen LogP) is 4.75. The average Bonchev–Trinajstić information content (AvgIpc) is 3.31. The van der Waals surface area contributed by atoms with E-state index in [2.05, 4.69) is 0 Å². The lowest BCUT2D eigenvalue weighted by Crippen LogP contribution is -2.42. The van der Waals surface area contributed by atoms with Crippen molar-refractivity contribution in [3.05, 3.63) is 101 Å². The van der Waals surface area contributed by atoms with Gasteiger partial charge in [-0.05, 0) is 60.9 Å². The summed E-state index contributed by atoms with van der Waals surface area (Å²) in [6.45, 7) is 1.90. The number of benzene rings is 3. The van der Waals surface area contributed by atoms with E-state index in [4.69, 9.17) is 9.47 Å². The van der Waals surface area contributed by atoms with E-state index in [-0.39, 0.29) is 29.2 Å². The Morgan fingerprint density at radius 2 is 1.74 bits per heavy atom. The molecule has 2 heterocycles. The molecule has 5 rings (SSSR count). The van der Waals surface area contributed by atoms with E-state index >= 15 is 0 Å². The zero-order valence-corrected chi connectivity index (χ0v) is 19.5. The maximum absolute atomic E-state index is 14.2. The summed E-state index contributed by atoms with van der Waals surface area (Å²) in [5, 5.41) is 9.99. The zero-order chi connectivity index (χ0) is 24.7. The van der Waals surface area contributed by atoms with Gasteiger partial charge < -0.3 is 14.6 Å². The molecule has 0 aromatic heterocycles. The van der Waals surface area contributed by atoms with Crippen LogP contribution in [0.4, 0.5) is 4.39 Å². The molecule has 0 fully saturated rings. The summed E-state index contributed by atoms with van der Waals surface area (Å²) in [5.41, 5.74) is 1.57. The minimum Gasteiger partial charge on any atom is -0.478 e. The van der Waals surface area contributed by atoms with Gasteiger partial charge in [-0.25, -0.2) is 17.6 Å². The standard InChI is InChI=1S/C26H22FNO6S/c1-16-5-8-20(9-6-16)35(31,32)28-22(17-7-12-23-24(14-17)34-15-33-23)11-10-21(26(29)30)25(28)18-3-2-4-19(27)13-18/h2-10,12-14,22,25H,11,15H2,1H3,(H,29,30)/t22-,25-/m0/s1. The summed E-state index contributed by atoms with van der Waals surface area (Å²) in [7, 11) is -4.23. The lowest BCUT2D eigenvalue weighted by Gasteiger charge is -2.40. The normalized spacial score (nSPS) is 19.9. The highest BCUT2D eigenvalue weighted by molar-refractivity contribution is 7.89. The molecule has 0 unspecified atom stereocenters. The van der Waals surface area contributed by atoms with Crippen molar-refractivity contribution < 1.29 is 32.2 Å². The monoisotopic (exact) mass is 495 g/mol. The van der Waals surface area contributed by atoms with Crippen molar-refractivity contribution in [1.82, 2.24) is 4.31 Å². The van der Waals surface area contributed by atoms with Gasteiger partial charge in [0.1, 0.15) is 5.82 Å².